The maximum Gasteiger partial charge on any atom is 0.243 e. The Morgan fingerprint density at radius 3 is 2.15 bits per heavy atom. The van der Waals surface area contributed by atoms with E-state index >= 15 is 0 Å². The van der Waals surface area contributed by atoms with Crippen LogP contribution in [0.2, 0.25) is 0 Å². The molecule has 0 bridgehead atoms. The number of amides is 2. The first kappa shape index (κ1) is 27.1. The molecule has 1 fully saturated rings. The van der Waals surface area contributed by atoms with Crippen LogP contribution in [-0.4, -0.2) is 29.7 Å². The lowest BCUT2D eigenvalue weighted by Crippen LogP contribution is -2.52. The van der Waals surface area contributed by atoms with Crippen LogP contribution in [0, 0.1) is 17.8 Å². The van der Waals surface area contributed by atoms with Crippen LogP contribution < -0.4 is 10.6 Å². The number of carbonyl (C=O) groups is 3. The summed E-state index contributed by atoms with van der Waals surface area (Å²) in [5, 5.41) is 5.99. The quantitative estimate of drug-likeness (QED) is 0.427. The van der Waals surface area contributed by atoms with E-state index in [4.69, 9.17) is 0 Å². The minimum absolute atomic E-state index is 0.126. The number of carbonyl (C=O) groups excluding carboxylic acids is 3. The number of benzene rings is 1. The van der Waals surface area contributed by atoms with Crippen LogP contribution in [0.3, 0.4) is 0 Å². The second kappa shape index (κ2) is 14.2. The van der Waals surface area contributed by atoms with Crippen molar-refractivity contribution in [2.75, 3.05) is 0 Å². The third-order valence-corrected chi connectivity index (χ3v) is 6.53. The molecule has 0 aliphatic heterocycles. The van der Waals surface area contributed by atoms with Gasteiger partial charge in [-0.1, -0.05) is 90.1 Å². The summed E-state index contributed by atoms with van der Waals surface area (Å²) in [6, 6.07) is 8.45. The predicted molar refractivity (Wildman–Crippen MR) is 134 cm³/mol. The zero-order valence-corrected chi connectivity index (χ0v) is 21.1. The van der Waals surface area contributed by atoms with E-state index in [-0.39, 0.29) is 29.9 Å². The van der Waals surface area contributed by atoms with Crippen molar-refractivity contribution < 1.29 is 14.4 Å². The molecule has 2 atom stereocenters. The molecule has 1 aliphatic carbocycles. The van der Waals surface area contributed by atoms with Crippen LogP contribution in [0.5, 0.6) is 0 Å². The highest BCUT2D eigenvalue weighted by molar-refractivity contribution is 5.93. The van der Waals surface area contributed by atoms with Gasteiger partial charge < -0.3 is 10.6 Å². The van der Waals surface area contributed by atoms with Gasteiger partial charge in [0.1, 0.15) is 6.04 Å². The summed E-state index contributed by atoms with van der Waals surface area (Å²) in [5.74, 6) is 0.905. The second-order valence-corrected chi connectivity index (χ2v) is 10.6. The molecule has 1 aromatic carbocycles. The molecule has 2 amide bonds. The summed E-state index contributed by atoms with van der Waals surface area (Å²) in [4.78, 5) is 39.0. The monoisotopic (exact) mass is 456 g/mol. The van der Waals surface area contributed by atoms with E-state index < -0.39 is 12.1 Å². The number of nitrogens with one attached hydrogen (secondary N) is 2. The van der Waals surface area contributed by atoms with Gasteiger partial charge in [-0.15, -0.1) is 0 Å². The molecule has 184 valence electrons. The third-order valence-electron chi connectivity index (χ3n) is 6.53. The molecule has 0 radical (unpaired) electrons. The van der Waals surface area contributed by atoms with Crippen molar-refractivity contribution in [2.24, 2.45) is 17.8 Å². The highest BCUT2D eigenvalue weighted by Gasteiger charge is 2.29. The maximum atomic E-state index is 13.3. The van der Waals surface area contributed by atoms with E-state index in [0.717, 1.165) is 31.2 Å². The van der Waals surface area contributed by atoms with Crippen LogP contribution in [-0.2, 0) is 20.8 Å². The Bertz CT molecular complexity index is 739. The lowest BCUT2D eigenvalue weighted by Gasteiger charge is -2.28. The average molecular weight is 457 g/mol. The summed E-state index contributed by atoms with van der Waals surface area (Å²) >= 11 is 0. The van der Waals surface area contributed by atoms with Crippen molar-refractivity contribution in [3.63, 3.8) is 0 Å². The molecule has 1 aliphatic rings. The van der Waals surface area contributed by atoms with Gasteiger partial charge in [-0.25, -0.2) is 0 Å². The molecule has 5 heteroatoms. The Kier molecular flexibility index (Phi) is 11.6. The Hall–Kier alpha value is -2.17. The van der Waals surface area contributed by atoms with Gasteiger partial charge in [0.2, 0.25) is 11.8 Å². The SMILES string of the molecule is CC(C)CCC(=O)[C@H](CC1CCCCC1)NC(=O)[C@H](CC(C)C)NC(=O)Cc1ccccc1. The van der Waals surface area contributed by atoms with Crippen molar-refractivity contribution in [1.82, 2.24) is 10.6 Å². The van der Waals surface area contributed by atoms with Crippen molar-refractivity contribution >= 4 is 17.6 Å². The van der Waals surface area contributed by atoms with E-state index in [0.29, 0.717) is 24.7 Å². The van der Waals surface area contributed by atoms with Gasteiger partial charge in [0.25, 0.3) is 0 Å². The van der Waals surface area contributed by atoms with E-state index in [9.17, 15) is 14.4 Å². The molecule has 0 saturated heterocycles. The first-order valence-corrected chi connectivity index (χ1v) is 12.9. The van der Waals surface area contributed by atoms with Crippen LogP contribution >= 0.6 is 0 Å². The number of hydrogen-bond donors (Lipinski definition) is 2. The van der Waals surface area contributed by atoms with Gasteiger partial charge in [0.05, 0.1) is 12.5 Å². The summed E-state index contributed by atoms with van der Waals surface area (Å²) in [7, 11) is 0. The van der Waals surface area contributed by atoms with E-state index in [1.165, 1.54) is 19.3 Å². The summed E-state index contributed by atoms with van der Waals surface area (Å²) in [6.45, 7) is 8.31. The van der Waals surface area contributed by atoms with Crippen LogP contribution in [0.1, 0.15) is 91.0 Å². The Morgan fingerprint density at radius 2 is 1.55 bits per heavy atom. The number of rotatable bonds is 13. The standard InChI is InChI=1S/C28H44N2O3/c1-20(2)15-16-26(31)24(18-22-11-7-5-8-12-22)30-28(33)25(17-21(3)4)29-27(32)19-23-13-9-6-10-14-23/h6,9-10,13-14,20-22,24-25H,5,7-8,11-12,15-19H2,1-4H3,(H,29,32)(H,30,33)/t24-,25-/m0/s1. The number of Topliss-reactive ketones (excluding diaryl/α,β-unsaturated/α-hetero) is 1. The van der Waals surface area contributed by atoms with E-state index in [1.54, 1.807) is 0 Å². The highest BCUT2D eigenvalue weighted by Crippen LogP contribution is 2.28. The fourth-order valence-electron chi connectivity index (χ4n) is 4.63. The van der Waals surface area contributed by atoms with Crippen molar-refractivity contribution in [3.05, 3.63) is 35.9 Å². The third kappa shape index (κ3) is 10.5. The van der Waals surface area contributed by atoms with Crippen LogP contribution in [0.15, 0.2) is 30.3 Å². The van der Waals surface area contributed by atoms with Gasteiger partial charge in [0, 0.05) is 6.42 Å². The molecule has 0 spiro atoms. The molecule has 0 unspecified atom stereocenters. The first-order chi connectivity index (χ1) is 15.7. The molecular formula is C28H44N2O3. The molecule has 1 saturated carbocycles. The van der Waals surface area contributed by atoms with Crippen LogP contribution in [0.25, 0.3) is 0 Å². The van der Waals surface area contributed by atoms with Crippen molar-refractivity contribution in [2.45, 2.75) is 104 Å². The minimum Gasteiger partial charge on any atom is -0.345 e. The fraction of sp³-hybridized carbons (Fsp3) is 0.679. The highest BCUT2D eigenvalue weighted by atomic mass is 16.2. The summed E-state index contributed by atoms with van der Waals surface area (Å²) in [6.07, 6.45) is 8.76. The zero-order valence-electron chi connectivity index (χ0n) is 21.1. The molecule has 33 heavy (non-hydrogen) atoms. The van der Waals surface area contributed by atoms with Crippen molar-refractivity contribution in [3.8, 4) is 0 Å². The minimum atomic E-state index is -0.632. The number of ketones is 1. The predicted octanol–water partition coefficient (Wildman–Crippen LogP) is 5.22. The van der Waals surface area contributed by atoms with Crippen molar-refractivity contribution in [1.29, 1.82) is 0 Å². The zero-order chi connectivity index (χ0) is 24.2. The Balaban J connectivity index is 2.05. The smallest absolute Gasteiger partial charge is 0.243 e. The molecule has 2 rings (SSSR count). The lowest BCUT2D eigenvalue weighted by molar-refractivity contribution is -0.132. The van der Waals surface area contributed by atoms with Gasteiger partial charge in [-0.05, 0) is 42.6 Å². The van der Waals surface area contributed by atoms with Gasteiger partial charge in [-0.2, -0.15) is 0 Å². The first-order valence-electron chi connectivity index (χ1n) is 12.9. The molecule has 1 aromatic rings. The second-order valence-electron chi connectivity index (χ2n) is 10.6. The molecule has 0 heterocycles. The molecule has 2 N–H and O–H groups in total. The lowest BCUT2D eigenvalue weighted by atomic mass is 9.83. The van der Waals surface area contributed by atoms with Crippen LogP contribution in [0.4, 0.5) is 0 Å². The van der Waals surface area contributed by atoms with E-state index in [1.807, 2.05) is 44.2 Å². The maximum absolute atomic E-state index is 13.3. The van der Waals surface area contributed by atoms with Gasteiger partial charge in [-0.3, -0.25) is 14.4 Å². The van der Waals surface area contributed by atoms with Gasteiger partial charge >= 0.3 is 0 Å². The average Bonchev–Trinajstić information content (AvgIpc) is 2.77. The molecule has 5 nitrogen and oxygen atoms in total. The fourth-order valence-corrected chi connectivity index (χ4v) is 4.63. The normalized spacial score (nSPS) is 16.4. The Morgan fingerprint density at radius 1 is 0.879 bits per heavy atom. The van der Waals surface area contributed by atoms with E-state index in [2.05, 4.69) is 24.5 Å². The topological polar surface area (TPSA) is 75.3 Å². The van der Waals surface area contributed by atoms with Gasteiger partial charge in [0.15, 0.2) is 5.78 Å². The summed E-state index contributed by atoms with van der Waals surface area (Å²) < 4.78 is 0. The largest absolute Gasteiger partial charge is 0.345 e. The molecular weight excluding hydrogens is 412 g/mol. The molecule has 0 aromatic heterocycles. The Labute approximate surface area is 200 Å². The summed E-state index contributed by atoms with van der Waals surface area (Å²) in [5.41, 5.74) is 0.915. The number of hydrogen-bond acceptors (Lipinski definition) is 3.